The Hall–Kier alpha value is -1.17. The van der Waals surface area contributed by atoms with Crippen LogP contribution in [0.3, 0.4) is 0 Å². The van der Waals surface area contributed by atoms with Crippen molar-refractivity contribution in [3.05, 3.63) is 23.4 Å². The molecular formula is C14H25N3O2. The van der Waals surface area contributed by atoms with Gasteiger partial charge in [0.05, 0.1) is 13.2 Å². The SMILES string of the molecule is CNCc1cnc(N(CCOC)CCOC)c(C)c1. The van der Waals surface area contributed by atoms with Crippen molar-refractivity contribution in [1.82, 2.24) is 10.3 Å². The highest BCUT2D eigenvalue weighted by atomic mass is 16.5. The summed E-state index contributed by atoms with van der Waals surface area (Å²) in [5, 5.41) is 3.13. The molecule has 1 N–H and O–H groups in total. The second-order valence-electron chi connectivity index (χ2n) is 4.49. The molecule has 1 rings (SSSR count). The van der Waals surface area contributed by atoms with Crippen molar-refractivity contribution in [2.75, 3.05) is 52.5 Å². The van der Waals surface area contributed by atoms with E-state index in [0.717, 1.165) is 25.5 Å². The van der Waals surface area contributed by atoms with E-state index in [1.54, 1.807) is 14.2 Å². The van der Waals surface area contributed by atoms with Gasteiger partial charge in [-0.15, -0.1) is 0 Å². The maximum atomic E-state index is 5.16. The fourth-order valence-electron chi connectivity index (χ4n) is 1.98. The number of hydrogen-bond acceptors (Lipinski definition) is 5. The highest BCUT2D eigenvalue weighted by Crippen LogP contribution is 2.17. The predicted octanol–water partition coefficient (Wildman–Crippen LogP) is 1.21. The van der Waals surface area contributed by atoms with Gasteiger partial charge in [-0.25, -0.2) is 4.98 Å². The molecule has 0 aliphatic carbocycles. The Morgan fingerprint density at radius 1 is 1.21 bits per heavy atom. The molecule has 0 saturated carbocycles. The molecule has 5 nitrogen and oxygen atoms in total. The Kier molecular flexibility index (Phi) is 7.40. The van der Waals surface area contributed by atoms with Gasteiger partial charge < -0.3 is 19.7 Å². The van der Waals surface area contributed by atoms with Gasteiger partial charge in [0.1, 0.15) is 5.82 Å². The molecule has 1 aromatic heterocycles. The van der Waals surface area contributed by atoms with Crippen LogP contribution in [0.2, 0.25) is 0 Å². The number of aryl methyl sites for hydroxylation is 1. The molecule has 0 radical (unpaired) electrons. The molecule has 1 aromatic rings. The zero-order valence-electron chi connectivity index (χ0n) is 12.4. The van der Waals surface area contributed by atoms with Crippen LogP contribution < -0.4 is 10.2 Å². The van der Waals surface area contributed by atoms with Crippen molar-refractivity contribution in [3.8, 4) is 0 Å². The number of aromatic nitrogens is 1. The van der Waals surface area contributed by atoms with Gasteiger partial charge in [-0.1, -0.05) is 0 Å². The van der Waals surface area contributed by atoms with Crippen molar-refractivity contribution >= 4 is 5.82 Å². The first-order chi connectivity index (χ1) is 9.22. The van der Waals surface area contributed by atoms with Crippen molar-refractivity contribution < 1.29 is 9.47 Å². The minimum absolute atomic E-state index is 0.684. The van der Waals surface area contributed by atoms with Crippen molar-refractivity contribution in [1.29, 1.82) is 0 Å². The molecule has 0 amide bonds. The average molecular weight is 267 g/mol. The highest BCUT2D eigenvalue weighted by Gasteiger charge is 2.11. The molecule has 0 unspecified atom stereocenters. The summed E-state index contributed by atoms with van der Waals surface area (Å²) in [5.41, 5.74) is 2.38. The number of pyridine rings is 1. The van der Waals surface area contributed by atoms with E-state index in [1.807, 2.05) is 13.2 Å². The van der Waals surface area contributed by atoms with Gasteiger partial charge in [-0.05, 0) is 31.2 Å². The minimum atomic E-state index is 0.684. The van der Waals surface area contributed by atoms with E-state index in [-0.39, 0.29) is 0 Å². The Labute approximate surface area is 115 Å². The lowest BCUT2D eigenvalue weighted by molar-refractivity contribution is 0.190. The van der Waals surface area contributed by atoms with Crippen LogP contribution in [0.15, 0.2) is 12.3 Å². The van der Waals surface area contributed by atoms with E-state index < -0.39 is 0 Å². The van der Waals surface area contributed by atoms with Gasteiger partial charge in [0.2, 0.25) is 0 Å². The smallest absolute Gasteiger partial charge is 0.131 e. The standard InChI is InChI=1S/C14H25N3O2/c1-12-9-13(10-15-2)11-16-14(12)17(5-7-18-3)6-8-19-4/h9,11,15H,5-8,10H2,1-4H3. The summed E-state index contributed by atoms with van der Waals surface area (Å²) in [5.74, 6) is 1.01. The molecule has 1 heterocycles. The van der Waals surface area contributed by atoms with E-state index in [0.29, 0.717) is 13.2 Å². The normalized spacial score (nSPS) is 10.7. The summed E-state index contributed by atoms with van der Waals surface area (Å²) in [6.45, 7) is 5.93. The molecule has 0 aliphatic rings. The van der Waals surface area contributed by atoms with E-state index in [9.17, 15) is 0 Å². The van der Waals surface area contributed by atoms with Crippen LogP contribution in [0, 0.1) is 6.92 Å². The fourth-order valence-corrected chi connectivity index (χ4v) is 1.98. The van der Waals surface area contributed by atoms with Gasteiger partial charge >= 0.3 is 0 Å². The summed E-state index contributed by atoms with van der Waals surface area (Å²) >= 11 is 0. The third-order valence-electron chi connectivity index (χ3n) is 2.92. The number of hydrogen-bond donors (Lipinski definition) is 1. The van der Waals surface area contributed by atoms with Crippen LogP contribution >= 0.6 is 0 Å². The van der Waals surface area contributed by atoms with E-state index in [4.69, 9.17) is 9.47 Å². The fraction of sp³-hybridized carbons (Fsp3) is 0.643. The maximum absolute atomic E-state index is 5.16. The lowest BCUT2D eigenvalue weighted by atomic mass is 10.2. The molecule has 0 spiro atoms. The van der Waals surface area contributed by atoms with Gasteiger partial charge in [-0.2, -0.15) is 0 Å². The first-order valence-corrected chi connectivity index (χ1v) is 6.55. The number of rotatable bonds is 9. The molecule has 0 fully saturated rings. The molecule has 0 aliphatic heterocycles. The van der Waals surface area contributed by atoms with Crippen LogP contribution in [0.4, 0.5) is 5.82 Å². The topological polar surface area (TPSA) is 46.6 Å². The van der Waals surface area contributed by atoms with E-state index in [2.05, 4.69) is 28.2 Å². The Bertz CT molecular complexity index is 364. The second kappa shape index (κ2) is 8.85. The Morgan fingerprint density at radius 3 is 2.32 bits per heavy atom. The molecule has 0 aromatic carbocycles. The molecule has 19 heavy (non-hydrogen) atoms. The van der Waals surface area contributed by atoms with Crippen LogP contribution in [0.1, 0.15) is 11.1 Å². The highest BCUT2D eigenvalue weighted by molar-refractivity contribution is 5.47. The van der Waals surface area contributed by atoms with Gasteiger partial charge in [0, 0.05) is 40.1 Å². The zero-order chi connectivity index (χ0) is 14.1. The summed E-state index contributed by atoms with van der Waals surface area (Å²) in [6, 6.07) is 2.17. The molecule has 0 saturated heterocycles. The lowest BCUT2D eigenvalue weighted by Crippen LogP contribution is -2.32. The third kappa shape index (κ3) is 5.14. The largest absolute Gasteiger partial charge is 0.383 e. The van der Waals surface area contributed by atoms with Crippen LogP contribution in [-0.4, -0.2) is 52.6 Å². The predicted molar refractivity (Wildman–Crippen MR) is 77.7 cm³/mol. The number of nitrogens with zero attached hydrogens (tertiary/aromatic N) is 2. The molecular weight excluding hydrogens is 242 g/mol. The lowest BCUT2D eigenvalue weighted by Gasteiger charge is -2.25. The number of nitrogens with one attached hydrogen (secondary N) is 1. The van der Waals surface area contributed by atoms with Crippen LogP contribution in [0.25, 0.3) is 0 Å². The van der Waals surface area contributed by atoms with Crippen LogP contribution in [-0.2, 0) is 16.0 Å². The third-order valence-corrected chi connectivity index (χ3v) is 2.92. The van der Waals surface area contributed by atoms with Gasteiger partial charge in [0.25, 0.3) is 0 Å². The number of anilines is 1. The molecule has 0 atom stereocenters. The van der Waals surface area contributed by atoms with Crippen molar-refractivity contribution in [2.45, 2.75) is 13.5 Å². The van der Waals surface area contributed by atoms with E-state index in [1.165, 1.54) is 11.1 Å². The Morgan fingerprint density at radius 2 is 1.84 bits per heavy atom. The first kappa shape index (κ1) is 15.9. The Balaban J connectivity index is 2.81. The zero-order valence-corrected chi connectivity index (χ0v) is 12.4. The van der Waals surface area contributed by atoms with Crippen LogP contribution in [0.5, 0.6) is 0 Å². The summed E-state index contributed by atoms with van der Waals surface area (Å²) < 4.78 is 10.3. The van der Waals surface area contributed by atoms with Crippen molar-refractivity contribution in [3.63, 3.8) is 0 Å². The first-order valence-electron chi connectivity index (χ1n) is 6.55. The molecule has 0 bridgehead atoms. The van der Waals surface area contributed by atoms with E-state index >= 15 is 0 Å². The minimum Gasteiger partial charge on any atom is -0.383 e. The van der Waals surface area contributed by atoms with Crippen molar-refractivity contribution in [2.24, 2.45) is 0 Å². The quantitative estimate of drug-likeness (QED) is 0.728. The number of methoxy groups -OCH3 is 2. The van der Waals surface area contributed by atoms with Gasteiger partial charge in [0.15, 0.2) is 0 Å². The second-order valence-corrected chi connectivity index (χ2v) is 4.49. The van der Waals surface area contributed by atoms with Gasteiger partial charge in [-0.3, -0.25) is 0 Å². The molecule has 108 valence electrons. The molecule has 5 heteroatoms. The average Bonchev–Trinajstić information content (AvgIpc) is 2.40. The number of ether oxygens (including phenoxy) is 2. The summed E-state index contributed by atoms with van der Waals surface area (Å²) in [6.07, 6.45) is 1.92. The summed E-state index contributed by atoms with van der Waals surface area (Å²) in [4.78, 5) is 6.78. The maximum Gasteiger partial charge on any atom is 0.131 e. The monoisotopic (exact) mass is 267 g/mol. The summed E-state index contributed by atoms with van der Waals surface area (Å²) in [7, 11) is 5.36.